The molecule has 2 fully saturated rings. The first-order chi connectivity index (χ1) is 14.6. The topological polar surface area (TPSA) is 50.4 Å². The van der Waals surface area contributed by atoms with Gasteiger partial charge in [-0.3, -0.25) is 4.79 Å². The van der Waals surface area contributed by atoms with Gasteiger partial charge in [0.15, 0.2) is 0 Å². The van der Waals surface area contributed by atoms with Crippen LogP contribution in [0.15, 0.2) is 24.3 Å². The summed E-state index contributed by atoms with van der Waals surface area (Å²) in [4.78, 5) is 12.3. The molecule has 2 unspecified atom stereocenters. The third-order valence-corrected chi connectivity index (χ3v) is 5.57. The van der Waals surface area contributed by atoms with Crippen LogP contribution >= 0.6 is 0 Å². The number of carbonyl (C=O) groups is 1. The number of benzene rings is 1. The Bertz CT molecular complexity index is 553. The number of nitrogens with one attached hydrogen (secondary N) is 2. The predicted molar refractivity (Wildman–Crippen MR) is 127 cm³/mol. The zero-order chi connectivity index (χ0) is 22.2. The molecular formula is C26H46N2O2. The largest absolute Gasteiger partial charge is 0.373 e. The molecule has 4 nitrogen and oxygen atoms in total. The second-order valence-electron chi connectivity index (χ2n) is 8.47. The maximum atomic E-state index is 12.3. The SMILES string of the molecule is CC.CC1CCCC(C(=O)NCc2ccc(COC3CCNCC3)cc2)C1.CCC. The number of hydrogen-bond donors (Lipinski definition) is 2. The molecule has 2 N–H and O–H groups in total. The quantitative estimate of drug-likeness (QED) is 0.610. The number of amides is 1. The van der Waals surface area contributed by atoms with Gasteiger partial charge in [-0.2, -0.15) is 0 Å². The Kier molecular flexibility index (Phi) is 14.5. The number of piperidine rings is 1. The number of carbonyl (C=O) groups excluding carboxylic acids is 1. The van der Waals surface area contributed by atoms with Crippen LogP contribution < -0.4 is 10.6 Å². The van der Waals surface area contributed by atoms with E-state index in [1.165, 1.54) is 24.8 Å². The molecular weight excluding hydrogens is 372 g/mol. The molecule has 1 heterocycles. The van der Waals surface area contributed by atoms with Gasteiger partial charge in [0.05, 0.1) is 12.7 Å². The van der Waals surface area contributed by atoms with E-state index in [2.05, 4.69) is 55.7 Å². The summed E-state index contributed by atoms with van der Waals surface area (Å²) in [5.74, 6) is 1.12. The van der Waals surface area contributed by atoms with Crippen molar-refractivity contribution in [3.63, 3.8) is 0 Å². The lowest BCUT2D eigenvalue weighted by molar-refractivity contribution is -0.126. The van der Waals surface area contributed by atoms with Crippen molar-refractivity contribution in [2.75, 3.05) is 13.1 Å². The number of hydrogen-bond acceptors (Lipinski definition) is 3. The Morgan fingerprint density at radius 3 is 2.23 bits per heavy atom. The zero-order valence-corrected chi connectivity index (χ0v) is 20.1. The summed E-state index contributed by atoms with van der Waals surface area (Å²) in [7, 11) is 0. The summed E-state index contributed by atoms with van der Waals surface area (Å²) >= 11 is 0. The fraction of sp³-hybridized carbons (Fsp3) is 0.731. The highest BCUT2D eigenvalue weighted by Gasteiger charge is 2.24. The number of rotatable bonds is 6. The van der Waals surface area contributed by atoms with Gasteiger partial charge in [-0.25, -0.2) is 0 Å². The van der Waals surface area contributed by atoms with Gasteiger partial charge in [0.2, 0.25) is 5.91 Å². The lowest BCUT2D eigenvalue weighted by Crippen LogP contribution is -2.33. The molecule has 0 radical (unpaired) electrons. The van der Waals surface area contributed by atoms with Crippen LogP contribution in [0.3, 0.4) is 0 Å². The fourth-order valence-electron chi connectivity index (χ4n) is 3.94. The molecule has 1 aromatic rings. The molecule has 3 rings (SSSR count). The van der Waals surface area contributed by atoms with Crippen molar-refractivity contribution in [2.45, 2.75) is 98.8 Å². The first-order valence-electron chi connectivity index (χ1n) is 12.3. The van der Waals surface area contributed by atoms with E-state index in [1.807, 2.05) is 13.8 Å². The van der Waals surface area contributed by atoms with Crippen LogP contribution in [0.25, 0.3) is 0 Å². The maximum Gasteiger partial charge on any atom is 0.223 e. The predicted octanol–water partition coefficient (Wildman–Crippen LogP) is 5.84. The fourth-order valence-corrected chi connectivity index (χ4v) is 3.94. The van der Waals surface area contributed by atoms with E-state index in [9.17, 15) is 4.79 Å². The van der Waals surface area contributed by atoms with Crippen LogP contribution in [0, 0.1) is 11.8 Å². The van der Waals surface area contributed by atoms with E-state index in [0.717, 1.165) is 44.3 Å². The summed E-state index contributed by atoms with van der Waals surface area (Å²) in [5, 5.41) is 6.47. The molecule has 1 amide bonds. The molecule has 30 heavy (non-hydrogen) atoms. The van der Waals surface area contributed by atoms with Crippen molar-refractivity contribution in [3.8, 4) is 0 Å². The Labute approximate surface area is 185 Å². The second kappa shape index (κ2) is 16.3. The molecule has 1 aromatic carbocycles. The van der Waals surface area contributed by atoms with Gasteiger partial charge in [0.25, 0.3) is 0 Å². The van der Waals surface area contributed by atoms with Crippen molar-refractivity contribution >= 4 is 5.91 Å². The summed E-state index contributed by atoms with van der Waals surface area (Å²) in [6.07, 6.45) is 8.38. The normalized spacial score (nSPS) is 21.5. The Balaban J connectivity index is 0.000000826. The average molecular weight is 419 g/mol. The highest BCUT2D eigenvalue weighted by Crippen LogP contribution is 2.28. The molecule has 1 aliphatic carbocycles. The van der Waals surface area contributed by atoms with E-state index < -0.39 is 0 Å². The van der Waals surface area contributed by atoms with E-state index in [0.29, 0.717) is 25.2 Å². The van der Waals surface area contributed by atoms with E-state index in [4.69, 9.17) is 4.74 Å². The highest BCUT2D eigenvalue weighted by atomic mass is 16.5. The first-order valence-corrected chi connectivity index (χ1v) is 12.3. The van der Waals surface area contributed by atoms with E-state index in [1.54, 1.807) is 0 Å². The molecule has 2 aliphatic rings. The standard InChI is InChI=1S/C21H32N2O2.C3H8.C2H6/c1-16-3-2-4-19(13-16)21(24)23-14-17-5-7-18(8-6-17)15-25-20-9-11-22-12-10-20;1-3-2;1-2/h5-8,16,19-20,22H,2-4,9-15H2,1H3,(H,23,24);3H2,1-2H3;1-2H3. The molecule has 0 bridgehead atoms. The molecule has 0 spiro atoms. The maximum absolute atomic E-state index is 12.3. The molecule has 1 saturated heterocycles. The minimum atomic E-state index is 0.210. The molecule has 1 aliphatic heterocycles. The molecule has 0 aromatic heterocycles. The van der Waals surface area contributed by atoms with Crippen molar-refractivity contribution in [3.05, 3.63) is 35.4 Å². The van der Waals surface area contributed by atoms with Crippen LogP contribution in [0.5, 0.6) is 0 Å². The van der Waals surface area contributed by atoms with Gasteiger partial charge in [0.1, 0.15) is 0 Å². The smallest absolute Gasteiger partial charge is 0.223 e. The van der Waals surface area contributed by atoms with Gasteiger partial charge in [-0.15, -0.1) is 0 Å². The zero-order valence-electron chi connectivity index (χ0n) is 20.1. The van der Waals surface area contributed by atoms with Gasteiger partial charge < -0.3 is 15.4 Å². The third-order valence-electron chi connectivity index (χ3n) is 5.57. The monoisotopic (exact) mass is 418 g/mol. The lowest BCUT2D eigenvalue weighted by atomic mass is 9.82. The summed E-state index contributed by atoms with van der Waals surface area (Å²) in [5.41, 5.74) is 2.36. The minimum absolute atomic E-state index is 0.210. The third kappa shape index (κ3) is 10.6. The van der Waals surface area contributed by atoms with Crippen molar-refractivity contribution in [2.24, 2.45) is 11.8 Å². The van der Waals surface area contributed by atoms with Crippen LogP contribution in [0.1, 0.15) is 90.7 Å². The highest BCUT2D eigenvalue weighted by molar-refractivity contribution is 5.78. The van der Waals surface area contributed by atoms with Crippen molar-refractivity contribution in [1.82, 2.24) is 10.6 Å². The Morgan fingerprint density at radius 1 is 1.03 bits per heavy atom. The molecule has 2 atom stereocenters. The first kappa shape index (κ1) is 26.6. The van der Waals surface area contributed by atoms with Crippen LogP contribution in [0.4, 0.5) is 0 Å². The van der Waals surface area contributed by atoms with Crippen molar-refractivity contribution < 1.29 is 9.53 Å². The molecule has 4 heteroatoms. The van der Waals surface area contributed by atoms with Gasteiger partial charge >= 0.3 is 0 Å². The van der Waals surface area contributed by atoms with Gasteiger partial charge in [0, 0.05) is 12.5 Å². The van der Waals surface area contributed by atoms with Crippen LogP contribution in [-0.4, -0.2) is 25.1 Å². The Morgan fingerprint density at radius 2 is 1.63 bits per heavy atom. The summed E-state index contributed by atoms with van der Waals surface area (Å²) < 4.78 is 5.99. The average Bonchev–Trinajstić information content (AvgIpc) is 2.79. The summed E-state index contributed by atoms with van der Waals surface area (Å²) in [6.45, 7) is 13.9. The molecule has 172 valence electrons. The second-order valence-corrected chi connectivity index (χ2v) is 8.47. The van der Waals surface area contributed by atoms with E-state index in [-0.39, 0.29) is 11.8 Å². The Hall–Kier alpha value is -1.39. The van der Waals surface area contributed by atoms with E-state index >= 15 is 0 Å². The van der Waals surface area contributed by atoms with Crippen molar-refractivity contribution in [1.29, 1.82) is 0 Å². The molecule has 1 saturated carbocycles. The lowest BCUT2D eigenvalue weighted by Gasteiger charge is -2.25. The summed E-state index contributed by atoms with van der Waals surface area (Å²) in [6, 6.07) is 8.44. The number of ether oxygens (including phenoxy) is 1. The van der Waals surface area contributed by atoms with Gasteiger partial charge in [-0.1, -0.05) is 78.1 Å². The van der Waals surface area contributed by atoms with Gasteiger partial charge in [-0.05, 0) is 55.8 Å². The minimum Gasteiger partial charge on any atom is -0.373 e. The van der Waals surface area contributed by atoms with Crippen LogP contribution in [-0.2, 0) is 22.7 Å². The van der Waals surface area contributed by atoms with Crippen LogP contribution in [0.2, 0.25) is 0 Å².